The van der Waals surface area contributed by atoms with E-state index < -0.39 is 0 Å². The monoisotopic (exact) mass is 441 g/mol. The molecule has 3 N–H and O–H groups in total. The lowest BCUT2D eigenvalue weighted by atomic mass is 10.1. The van der Waals surface area contributed by atoms with Crippen LogP contribution in [0.2, 0.25) is 0 Å². The molecule has 5 aromatic rings. The lowest BCUT2D eigenvalue weighted by Gasteiger charge is -2.36. The molecule has 0 bridgehead atoms. The van der Waals surface area contributed by atoms with Crippen LogP contribution in [-0.2, 0) is 4.74 Å². The van der Waals surface area contributed by atoms with E-state index in [1.807, 2.05) is 53.3 Å². The summed E-state index contributed by atoms with van der Waals surface area (Å²) >= 11 is 0. The second-order valence-electron chi connectivity index (χ2n) is 8.08. The Labute approximate surface area is 189 Å². The predicted molar refractivity (Wildman–Crippen MR) is 127 cm³/mol. The van der Waals surface area contributed by atoms with Crippen molar-refractivity contribution in [3.05, 3.63) is 67.3 Å². The maximum Gasteiger partial charge on any atom is 0.180 e. The van der Waals surface area contributed by atoms with E-state index >= 15 is 0 Å². The molecule has 9 nitrogen and oxygen atoms in total. The van der Waals surface area contributed by atoms with Crippen LogP contribution in [0.1, 0.15) is 0 Å². The minimum absolute atomic E-state index is 0.0207. The predicted octanol–water partition coefficient (Wildman–Crippen LogP) is 3.21. The maximum atomic E-state index is 9.66. The van der Waals surface area contributed by atoms with Gasteiger partial charge in [-0.15, -0.1) is 0 Å². The van der Waals surface area contributed by atoms with E-state index in [4.69, 9.17) is 9.72 Å². The van der Waals surface area contributed by atoms with E-state index in [2.05, 4.69) is 37.5 Å². The molecule has 166 valence electrons. The Morgan fingerprint density at radius 2 is 2.09 bits per heavy atom. The number of aromatic nitrogens is 5. The number of nitrogens with one attached hydrogen (secondary N) is 2. The smallest absolute Gasteiger partial charge is 0.180 e. The van der Waals surface area contributed by atoms with Crippen LogP contribution in [0.5, 0.6) is 0 Å². The van der Waals surface area contributed by atoms with Crippen LogP contribution >= 0.6 is 0 Å². The first kappa shape index (κ1) is 19.7. The topological polar surface area (TPSA) is 104 Å². The molecule has 6 rings (SSSR count). The second-order valence-corrected chi connectivity index (χ2v) is 8.08. The van der Waals surface area contributed by atoms with Crippen molar-refractivity contribution in [2.24, 2.45) is 0 Å². The van der Waals surface area contributed by atoms with Gasteiger partial charge in [0.1, 0.15) is 0 Å². The van der Waals surface area contributed by atoms with Gasteiger partial charge in [0.2, 0.25) is 0 Å². The summed E-state index contributed by atoms with van der Waals surface area (Å²) in [6.45, 7) is 2.03. The van der Waals surface area contributed by atoms with Gasteiger partial charge in [0, 0.05) is 47.5 Å². The quantitative estimate of drug-likeness (QED) is 0.385. The number of aliphatic hydroxyl groups is 1. The number of imidazole rings is 1. The molecule has 1 saturated heterocycles. The summed E-state index contributed by atoms with van der Waals surface area (Å²) in [6, 6.07) is 14.2. The van der Waals surface area contributed by atoms with E-state index in [0.29, 0.717) is 19.0 Å². The Hall–Kier alpha value is -3.95. The summed E-state index contributed by atoms with van der Waals surface area (Å²) in [5.74, 6) is 0.676. The van der Waals surface area contributed by atoms with Crippen molar-refractivity contribution in [1.82, 2.24) is 24.6 Å². The zero-order valence-electron chi connectivity index (χ0n) is 17.8. The fourth-order valence-electron chi connectivity index (χ4n) is 4.27. The van der Waals surface area contributed by atoms with Crippen molar-refractivity contribution >= 4 is 33.7 Å². The molecule has 2 aromatic carbocycles. The first-order valence-corrected chi connectivity index (χ1v) is 10.9. The third-order valence-electron chi connectivity index (χ3n) is 6.01. The Balaban J connectivity index is 1.32. The van der Waals surface area contributed by atoms with Gasteiger partial charge in [0.25, 0.3) is 0 Å². The molecule has 0 aliphatic carbocycles. The minimum atomic E-state index is -0.0207. The van der Waals surface area contributed by atoms with Crippen molar-refractivity contribution in [3.63, 3.8) is 0 Å². The van der Waals surface area contributed by atoms with E-state index in [1.165, 1.54) is 0 Å². The molecule has 1 aliphatic rings. The number of rotatable bonds is 5. The number of H-pyrrole nitrogens is 1. The Bertz CT molecular complexity index is 1410. The van der Waals surface area contributed by atoms with Gasteiger partial charge in [-0.05, 0) is 30.3 Å². The molecule has 1 aliphatic heterocycles. The molecular formula is C24H23N7O2. The second kappa shape index (κ2) is 8.19. The summed E-state index contributed by atoms with van der Waals surface area (Å²) in [6.07, 6.45) is 7.46. The SMILES string of the molecule is OC[C@H]1COCCN1c1ccc(Nc2nc(-c3ccc4cn[nH]c4c3)cn3ccnc23)cc1. The van der Waals surface area contributed by atoms with Gasteiger partial charge in [-0.3, -0.25) is 5.10 Å². The lowest BCUT2D eigenvalue weighted by Crippen LogP contribution is -2.47. The molecule has 0 unspecified atom stereocenters. The highest BCUT2D eigenvalue weighted by atomic mass is 16.5. The fourth-order valence-corrected chi connectivity index (χ4v) is 4.27. The molecule has 0 amide bonds. The molecule has 33 heavy (non-hydrogen) atoms. The summed E-state index contributed by atoms with van der Waals surface area (Å²) in [7, 11) is 0. The van der Waals surface area contributed by atoms with Crippen molar-refractivity contribution < 1.29 is 9.84 Å². The van der Waals surface area contributed by atoms with E-state index in [0.717, 1.165) is 45.7 Å². The number of anilines is 3. The van der Waals surface area contributed by atoms with Crippen LogP contribution in [0.25, 0.3) is 27.8 Å². The Morgan fingerprint density at radius 3 is 2.97 bits per heavy atom. The molecule has 0 radical (unpaired) electrons. The number of nitrogens with zero attached hydrogens (tertiary/aromatic N) is 5. The number of benzene rings is 2. The van der Waals surface area contributed by atoms with Gasteiger partial charge in [0.15, 0.2) is 11.5 Å². The molecule has 9 heteroatoms. The normalized spacial score (nSPS) is 16.5. The molecule has 4 heterocycles. The summed E-state index contributed by atoms with van der Waals surface area (Å²) in [5.41, 5.74) is 5.50. The third-order valence-corrected chi connectivity index (χ3v) is 6.01. The molecule has 0 saturated carbocycles. The van der Waals surface area contributed by atoms with Crippen molar-refractivity contribution in [2.45, 2.75) is 6.04 Å². The number of ether oxygens (including phenoxy) is 1. The van der Waals surface area contributed by atoms with Gasteiger partial charge in [-0.25, -0.2) is 9.97 Å². The van der Waals surface area contributed by atoms with Crippen LogP contribution in [0.4, 0.5) is 17.2 Å². The van der Waals surface area contributed by atoms with Crippen LogP contribution in [0.3, 0.4) is 0 Å². The number of aliphatic hydroxyl groups excluding tert-OH is 1. The summed E-state index contributed by atoms with van der Waals surface area (Å²) in [4.78, 5) is 11.5. The van der Waals surface area contributed by atoms with Crippen molar-refractivity contribution in [3.8, 4) is 11.3 Å². The van der Waals surface area contributed by atoms with Gasteiger partial charge >= 0.3 is 0 Å². The van der Waals surface area contributed by atoms with Crippen LogP contribution in [0, 0.1) is 0 Å². The molecule has 1 fully saturated rings. The fraction of sp³-hybridized carbons (Fsp3) is 0.208. The van der Waals surface area contributed by atoms with Crippen LogP contribution in [0.15, 0.2) is 67.3 Å². The first-order valence-electron chi connectivity index (χ1n) is 10.9. The third kappa shape index (κ3) is 3.67. The average molecular weight is 441 g/mol. The van der Waals surface area contributed by atoms with Gasteiger partial charge in [-0.2, -0.15) is 5.10 Å². The van der Waals surface area contributed by atoms with E-state index in [1.54, 1.807) is 6.20 Å². The maximum absolute atomic E-state index is 9.66. The van der Waals surface area contributed by atoms with E-state index in [-0.39, 0.29) is 12.6 Å². The van der Waals surface area contributed by atoms with Crippen molar-refractivity contribution in [1.29, 1.82) is 0 Å². The average Bonchev–Trinajstić information content (AvgIpc) is 3.53. The van der Waals surface area contributed by atoms with Gasteiger partial charge < -0.3 is 24.5 Å². The molecular weight excluding hydrogens is 418 g/mol. The molecule has 1 atom stereocenters. The van der Waals surface area contributed by atoms with Crippen LogP contribution in [-0.4, -0.2) is 62.1 Å². The number of aromatic amines is 1. The number of morpholine rings is 1. The van der Waals surface area contributed by atoms with Crippen LogP contribution < -0.4 is 10.2 Å². The molecule has 3 aromatic heterocycles. The van der Waals surface area contributed by atoms with Gasteiger partial charge in [0.05, 0.1) is 43.3 Å². The number of hydrogen-bond acceptors (Lipinski definition) is 7. The lowest BCUT2D eigenvalue weighted by molar-refractivity contribution is 0.0727. The highest BCUT2D eigenvalue weighted by molar-refractivity contribution is 5.84. The standard InChI is InChI=1S/C24H23N7O2/c32-14-20-15-33-10-9-31(20)19-5-3-18(4-6-19)27-23-24-25-7-8-30(24)13-22(28-23)16-1-2-17-12-26-29-21(17)11-16/h1-8,11-13,20,32H,9-10,14-15H2,(H,26,29)(H,27,28)/t20-/m0/s1. The Morgan fingerprint density at radius 1 is 1.18 bits per heavy atom. The summed E-state index contributed by atoms with van der Waals surface area (Å²) in [5, 5.41) is 21.3. The molecule has 0 spiro atoms. The zero-order valence-corrected chi connectivity index (χ0v) is 17.8. The highest BCUT2D eigenvalue weighted by Crippen LogP contribution is 2.28. The van der Waals surface area contributed by atoms with Gasteiger partial charge in [-0.1, -0.05) is 12.1 Å². The Kier molecular flexibility index (Phi) is 4.89. The number of hydrogen-bond donors (Lipinski definition) is 3. The first-order chi connectivity index (χ1) is 16.3. The largest absolute Gasteiger partial charge is 0.394 e. The van der Waals surface area contributed by atoms with Crippen molar-refractivity contribution in [2.75, 3.05) is 36.6 Å². The zero-order chi connectivity index (χ0) is 22.2. The number of fused-ring (bicyclic) bond motifs is 2. The van der Waals surface area contributed by atoms with E-state index in [9.17, 15) is 5.11 Å². The minimum Gasteiger partial charge on any atom is -0.394 e. The summed E-state index contributed by atoms with van der Waals surface area (Å²) < 4.78 is 7.46. The highest BCUT2D eigenvalue weighted by Gasteiger charge is 2.22.